The minimum Gasteiger partial charge on any atom is -0.330 e. The molecule has 0 unspecified atom stereocenters. The Balaban J connectivity index is 1.76. The fraction of sp³-hybridized carbons (Fsp3) is 1.00. The van der Waals surface area contributed by atoms with Gasteiger partial charge in [-0.2, -0.15) is 11.8 Å². The largest absolute Gasteiger partial charge is 0.330 e. The van der Waals surface area contributed by atoms with Crippen molar-refractivity contribution in [3.8, 4) is 0 Å². The Morgan fingerprint density at radius 2 is 1.94 bits per heavy atom. The van der Waals surface area contributed by atoms with Crippen molar-refractivity contribution in [1.29, 1.82) is 0 Å². The van der Waals surface area contributed by atoms with Crippen LogP contribution >= 0.6 is 11.8 Å². The third-order valence-electron chi connectivity index (χ3n) is 4.74. The first-order valence-electron chi connectivity index (χ1n) is 7.12. The quantitative estimate of drug-likeness (QED) is 0.838. The van der Waals surface area contributed by atoms with Crippen LogP contribution in [-0.4, -0.2) is 41.6 Å². The lowest BCUT2D eigenvalue weighted by atomic mass is 9.66. The molecule has 1 aliphatic carbocycles. The molecule has 0 aromatic heterocycles. The summed E-state index contributed by atoms with van der Waals surface area (Å²) < 4.78 is 0.483. The number of nitrogens with zero attached hydrogens (tertiary/aromatic N) is 1. The SMILES string of the molecule is CC1(C)CCN(CCC2(CN)CCC2)CCS1. The molecule has 0 atom stereocenters. The van der Waals surface area contributed by atoms with Gasteiger partial charge >= 0.3 is 0 Å². The predicted octanol–water partition coefficient (Wildman–Crippen LogP) is 2.72. The van der Waals surface area contributed by atoms with Crippen LogP contribution in [0.5, 0.6) is 0 Å². The van der Waals surface area contributed by atoms with E-state index in [0.717, 1.165) is 6.54 Å². The standard InChI is InChI=1S/C14H28N2S/c1-13(2)6-8-16(10-11-17-13)9-7-14(12-15)4-3-5-14/h3-12,15H2,1-2H3. The van der Waals surface area contributed by atoms with Crippen molar-refractivity contribution in [2.45, 2.75) is 50.7 Å². The van der Waals surface area contributed by atoms with Crippen molar-refractivity contribution >= 4 is 11.8 Å². The zero-order chi connectivity index (χ0) is 12.4. The van der Waals surface area contributed by atoms with Gasteiger partial charge in [0.1, 0.15) is 0 Å². The second kappa shape index (κ2) is 5.50. The summed E-state index contributed by atoms with van der Waals surface area (Å²) in [4.78, 5) is 2.66. The number of rotatable bonds is 4. The van der Waals surface area contributed by atoms with Crippen molar-refractivity contribution in [1.82, 2.24) is 4.90 Å². The lowest BCUT2D eigenvalue weighted by molar-refractivity contribution is 0.107. The van der Waals surface area contributed by atoms with Gasteiger partial charge in [0.2, 0.25) is 0 Å². The van der Waals surface area contributed by atoms with Crippen LogP contribution in [0.25, 0.3) is 0 Å². The summed E-state index contributed by atoms with van der Waals surface area (Å²) in [5.41, 5.74) is 6.46. The molecule has 100 valence electrons. The molecule has 2 fully saturated rings. The van der Waals surface area contributed by atoms with E-state index in [1.807, 2.05) is 0 Å². The maximum Gasteiger partial charge on any atom is 0.0116 e. The first-order valence-corrected chi connectivity index (χ1v) is 8.10. The smallest absolute Gasteiger partial charge is 0.0116 e. The van der Waals surface area contributed by atoms with Crippen LogP contribution in [0.2, 0.25) is 0 Å². The molecular formula is C14H28N2S. The number of hydrogen-bond acceptors (Lipinski definition) is 3. The normalized spacial score (nSPS) is 28.4. The zero-order valence-corrected chi connectivity index (χ0v) is 12.3. The van der Waals surface area contributed by atoms with Crippen LogP contribution in [0, 0.1) is 5.41 Å². The fourth-order valence-corrected chi connectivity index (χ4v) is 4.05. The first-order chi connectivity index (χ1) is 8.05. The lowest BCUT2D eigenvalue weighted by Crippen LogP contribution is -2.41. The van der Waals surface area contributed by atoms with E-state index >= 15 is 0 Å². The average molecular weight is 256 g/mol. The highest BCUT2D eigenvalue weighted by molar-refractivity contribution is 8.00. The van der Waals surface area contributed by atoms with Crippen molar-refractivity contribution in [2.24, 2.45) is 11.1 Å². The second-order valence-electron chi connectivity index (χ2n) is 6.51. The summed E-state index contributed by atoms with van der Waals surface area (Å²) in [6, 6.07) is 0. The third-order valence-corrected chi connectivity index (χ3v) is 6.11. The molecule has 3 heteroatoms. The van der Waals surface area contributed by atoms with Gasteiger partial charge in [-0.05, 0) is 50.7 Å². The van der Waals surface area contributed by atoms with E-state index in [2.05, 4.69) is 30.5 Å². The molecular weight excluding hydrogens is 228 g/mol. The lowest BCUT2D eigenvalue weighted by Gasteiger charge is -2.42. The van der Waals surface area contributed by atoms with E-state index in [1.54, 1.807) is 0 Å². The Hall–Kier alpha value is 0.270. The number of thioether (sulfide) groups is 1. The van der Waals surface area contributed by atoms with Gasteiger partial charge in [-0.15, -0.1) is 0 Å². The molecule has 1 heterocycles. The highest BCUT2D eigenvalue weighted by atomic mass is 32.2. The predicted molar refractivity (Wildman–Crippen MR) is 77.5 cm³/mol. The van der Waals surface area contributed by atoms with Crippen LogP contribution in [0.15, 0.2) is 0 Å². The number of hydrogen-bond donors (Lipinski definition) is 1. The Kier molecular flexibility index (Phi) is 4.43. The molecule has 0 aromatic carbocycles. The summed E-state index contributed by atoms with van der Waals surface area (Å²) >= 11 is 2.14. The summed E-state index contributed by atoms with van der Waals surface area (Å²) in [5.74, 6) is 1.29. The Labute approximate surface area is 111 Å². The summed E-state index contributed by atoms with van der Waals surface area (Å²) in [6.07, 6.45) is 6.80. The van der Waals surface area contributed by atoms with Gasteiger partial charge in [0.15, 0.2) is 0 Å². The zero-order valence-electron chi connectivity index (χ0n) is 11.5. The van der Waals surface area contributed by atoms with E-state index in [1.165, 1.54) is 57.5 Å². The molecule has 1 saturated carbocycles. The molecule has 1 aliphatic heterocycles. The molecule has 2 rings (SSSR count). The van der Waals surface area contributed by atoms with Gasteiger partial charge in [0.25, 0.3) is 0 Å². The molecule has 0 spiro atoms. The van der Waals surface area contributed by atoms with Crippen LogP contribution in [0.4, 0.5) is 0 Å². The molecule has 2 nitrogen and oxygen atoms in total. The first kappa shape index (κ1) is 13.7. The highest BCUT2D eigenvalue weighted by Gasteiger charge is 2.35. The van der Waals surface area contributed by atoms with Crippen LogP contribution in [-0.2, 0) is 0 Å². The Bertz CT molecular complexity index is 243. The van der Waals surface area contributed by atoms with Crippen LogP contribution in [0.3, 0.4) is 0 Å². The maximum absolute atomic E-state index is 5.94. The summed E-state index contributed by atoms with van der Waals surface area (Å²) in [6.45, 7) is 9.49. The van der Waals surface area contributed by atoms with Crippen molar-refractivity contribution in [3.63, 3.8) is 0 Å². The molecule has 1 saturated heterocycles. The minimum atomic E-state index is 0.483. The van der Waals surface area contributed by atoms with Gasteiger partial charge in [-0.3, -0.25) is 0 Å². The molecule has 0 radical (unpaired) electrons. The third kappa shape index (κ3) is 3.62. The molecule has 2 N–H and O–H groups in total. The van der Waals surface area contributed by atoms with Crippen molar-refractivity contribution in [3.05, 3.63) is 0 Å². The topological polar surface area (TPSA) is 29.3 Å². The Morgan fingerprint density at radius 3 is 2.53 bits per heavy atom. The molecule has 17 heavy (non-hydrogen) atoms. The van der Waals surface area contributed by atoms with E-state index in [4.69, 9.17) is 5.73 Å². The van der Waals surface area contributed by atoms with Crippen molar-refractivity contribution < 1.29 is 0 Å². The van der Waals surface area contributed by atoms with Gasteiger partial charge < -0.3 is 10.6 Å². The highest BCUT2D eigenvalue weighted by Crippen LogP contribution is 2.43. The number of nitrogens with two attached hydrogens (primary N) is 1. The van der Waals surface area contributed by atoms with Gasteiger partial charge in [0, 0.05) is 17.0 Å². The minimum absolute atomic E-state index is 0.483. The van der Waals surface area contributed by atoms with Crippen LogP contribution < -0.4 is 5.73 Å². The fourth-order valence-electron chi connectivity index (χ4n) is 2.91. The van der Waals surface area contributed by atoms with Gasteiger partial charge in [-0.25, -0.2) is 0 Å². The van der Waals surface area contributed by atoms with Gasteiger partial charge in [0.05, 0.1) is 0 Å². The van der Waals surface area contributed by atoms with E-state index < -0.39 is 0 Å². The van der Waals surface area contributed by atoms with E-state index in [-0.39, 0.29) is 0 Å². The second-order valence-corrected chi connectivity index (χ2v) is 8.31. The molecule has 0 aromatic rings. The average Bonchev–Trinajstić information content (AvgIpc) is 2.39. The van der Waals surface area contributed by atoms with E-state index in [0.29, 0.717) is 10.2 Å². The van der Waals surface area contributed by atoms with E-state index in [9.17, 15) is 0 Å². The molecule has 0 amide bonds. The Morgan fingerprint density at radius 1 is 1.18 bits per heavy atom. The maximum atomic E-state index is 5.94. The van der Waals surface area contributed by atoms with Crippen molar-refractivity contribution in [2.75, 3.05) is 31.9 Å². The molecule has 2 aliphatic rings. The monoisotopic (exact) mass is 256 g/mol. The van der Waals surface area contributed by atoms with Crippen LogP contribution in [0.1, 0.15) is 46.0 Å². The molecule has 0 bridgehead atoms. The van der Waals surface area contributed by atoms with Gasteiger partial charge in [-0.1, -0.05) is 20.3 Å². The summed E-state index contributed by atoms with van der Waals surface area (Å²) in [5, 5.41) is 0. The summed E-state index contributed by atoms with van der Waals surface area (Å²) in [7, 11) is 0.